The molecule has 1 atom stereocenters. The first kappa shape index (κ1) is 21.3. The number of aliphatic hydroxyl groups is 1. The third-order valence-corrected chi connectivity index (χ3v) is 1.71. The standard InChI is InChI=1S/C8H17NOS.CH3NOS.Zn/c1-3-5-6-7(4-2)10-8(9)11;2-1(3)4;/h7H,3-6H2,1-2H3,(H2,9,11);(H3,2,3,4);. The number of hydrogen-bond acceptors (Lipinski definition) is 3. The van der Waals surface area contributed by atoms with Gasteiger partial charge in [-0.2, -0.15) is 0 Å². The molecule has 0 amide bonds. The normalized spacial score (nSPS) is 10.1. The van der Waals surface area contributed by atoms with Crippen molar-refractivity contribution >= 4 is 34.8 Å². The van der Waals surface area contributed by atoms with E-state index in [9.17, 15) is 0 Å². The summed E-state index contributed by atoms with van der Waals surface area (Å²) in [5, 5.41) is 7.24. The number of unbranched alkanes of at least 4 members (excludes halogenated alkanes) is 1. The zero-order valence-corrected chi connectivity index (χ0v) is 14.5. The SMILES string of the molecule is CCCCC(CC)OC(N)=S.NC(O)=S.[Zn]. The van der Waals surface area contributed by atoms with E-state index in [4.69, 9.17) is 15.6 Å². The van der Waals surface area contributed by atoms with Crippen molar-refractivity contribution < 1.29 is 29.3 Å². The van der Waals surface area contributed by atoms with Crippen LogP contribution in [0.1, 0.15) is 39.5 Å². The van der Waals surface area contributed by atoms with Gasteiger partial charge in [0.15, 0.2) is 0 Å². The number of thiocarbonyl (C=S) groups is 2. The molecule has 0 fully saturated rings. The summed E-state index contributed by atoms with van der Waals surface area (Å²) in [4.78, 5) is 0. The summed E-state index contributed by atoms with van der Waals surface area (Å²) in [6, 6.07) is 0. The maximum Gasteiger partial charge on any atom is 0.254 e. The van der Waals surface area contributed by atoms with Gasteiger partial charge < -0.3 is 21.3 Å². The van der Waals surface area contributed by atoms with Gasteiger partial charge in [-0.05, 0) is 37.3 Å². The van der Waals surface area contributed by atoms with Gasteiger partial charge in [0.05, 0.1) is 0 Å². The first-order valence-electron chi connectivity index (χ1n) is 4.88. The first-order chi connectivity index (χ1) is 6.93. The third kappa shape index (κ3) is 23.7. The van der Waals surface area contributed by atoms with E-state index in [0.29, 0.717) is 0 Å². The van der Waals surface area contributed by atoms with Gasteiger partial charge in [-0.25, -0.2) is 0 Å². The molecule has 4 nitrogen and oxygen atoms in total. The summed E-state index contributed by atoms with van der Waals surface area (Å²) in [6.45, 7) is 4.24. The van der Waals surface area contributed by atoms with Crippen molar-refractivity contribution in [2.24, 2.45) is 11.5 Å². The van der Waals surface area contributed by atoms with Crippen LogP contribution in [0.4, 0.5) is 0 Å². The van der Waals surface area contributed by atoms with Crippen LogP contribution in [0.3, 0.4) is 0 Å². The van der Waals surface area contributed by atoms with Crippen molar-refractivity contribution in [3.8, 4) is 0 Å². The van der Waals surface area contributed by atoms with Gasteiger partial charge in [0, 0.05) is 19.5 Å². The zero-order valence-electron chi connectivity index (χ0n) is 9.94. The number of nitrogens with two attached hydrogens (primary N) is 2. The minimum atomic E-state index is -0.500. The van der Waals surface area contributed by atoms with Crippen molar-refractivity contribution in [2.75, 3.05) is 0 Å². The number of aliphatic hydroxyl groups excluding tert-OH is 1. The summed E-state index contributed by atoms with van der Waals surface area (Å²) in [5.74, 6) is 0. The van der Waals surface area contributed by atoms with Gasteiger partial charge in [0.2, 0.25) is 0 Å². The molecule has 1 unspecified atom stereocenters. The van der Waals surface area contributed by atoms with Crippen LogP contribution >= 0.6 is 24.4 Å². The molecule has 0 saturated carbocycles. The molecule has 0 aromatic rings. The number of hydrogen-bond donors (Lipinski definition) is 3. The number of rotatable bonds is 5. The van der Waals surface area contributed by atoms with Gasteiger partial charge in [-0.1, -0.05) is 26.7 Å². The Morgan fingerprint density at radius 1 is 1.31 bits per heavy atom. The van der Waals surface area contributed by atoms with E-state index in [2.05, 4.69) is 44.0 Å². The Hall–Kier alpha value is 0.00338. The van der Waals surface area contributed by atoms with Crippen molar-refractivity contribution in [3.05, 3.63) is 0 Å². The van der Waals surface area contributed by atoms with E-state index in [0.717, 1.165) is 12.8 Å². The summed E-state index contributed by atoms with van der Waals surface area (Å²) in [6.07, 6.45) is 4.65. The molecule has 0 aliphatic heterocycles. The molecule has 0 rings (SSSR count). The van der Waals surface area contributed by atoms with Gasteiger partial charge in [-0.3, -0.25) is 0 Å². The summed E-state index contributed by atoms with van der Waals surface area (Å²) in [5.41, 5.74) is 9.65. The third-order valence-electron chi connectivity index (χ3n) is 1.62. The smallest absolute Gasteiger partial charge is 0.254 e. The molecule has 0 aromatic carbocycles. The van der Waals surface area contributed by atoms with Gasteiger partial charge in [0.25, 0.3) is 10.3 Å². The fourth-order valence-electron chi connectivity index (χ4n) is 0.942. The predicted molar refractivity (Wildman–Crippen MR) is 70.9 cm³/mol. The molecule has 5 N–H and O–H groups in total. The Bertz CT molecular complexity index is 190. The van der Waals surface area contributed by atoms with Crippen LogP contribution in [0.25, 0.3) is 0 Å². The minimum absolute atomic E-state index is 0. The molecule has 92 valence electrons. The maximum absolute atomic E-state index is 7.56. The zero-order chi connectivity index (χ0) is 12.3. The van der Waals surface area contributed by atoms with Crippen LogP contribution in [-0.4, -0.2) is 21.6 Å². The molecule has 7 heteroatoms. The Labute approximate surface area is 121 Å². The van der Waals surface area contributed by atoms with E-state index in [1.807, 2.05) is 0 Å². The quantitative estimate of drug-likeness (QED) is 0.531. The molecule has 0 aliphatic carbocycles. The topological polar surface area (TPSA) is 81.5 Å². The molecule has 0 aromatic heterocycles. The van der Waals surface area contributed by atoms with Crippen LogP contribution in [0, 0.1) is 0 Å². The maximum atomic E-state index is 7.56. The van der Waals surface area contributed by atoms with Crippen LogP contribution in [-0.2, 0) is 24.2 Å². The summed E-state index contributed by atoms with van der Waals surface area (Å²) >= 11 is 8.51. The molecule has 0 spiro atoms. The average Bonchev–Trinajstić information content (AvgIpc) is 2.10. The van der Waals surface area contributed by atoms with E-state index >= 15 is 0 Å². The molecular formula is C9H20N2O2S2Zn. The fourth-order valence-corrected chi connectivity index (χ4v) is 1.08. The molecule has 0 saturated heterocycles. The van der Waals surface area contributed by atoms with Crippen molar-refractivity contribution in [3.63, 3.8) is 0 Å². The molecule has 0 aliphatic rings. The summed E-state index contributed by atoms with van der Waals surface area (Å²) < 4.78 is 5.21. The van der Waals surface area contributed by atoms with Crippen molar-refractivity contribution in [1.82, 2.24) is 0 Å². The van der Waals surface area contributed by atoms with Gasteiger partial charge >= 0.3 is 0 Å². The second-order valence-corrected chi connectivity index (χ2v) is 3.77. The molecule has 0 bridgehead atoms. The monoisotopic (exact) mass is 316 g/mol. The van der Waals surface area contributed by atoms with E-state index in [1.165, 1.54) is 12.8 Å². The Balaban J connectivity index is -0.000000292. The number of ether oxygens (including phenoxy) is 1. The average molecular weight is 318 g/mol. The van der Waals surface area contributed by atoms with Crippen molar-refractivity contribution in [2.45, 2.75) is 45.6 Å². The fraction of sp³-hybridized carbons (Fsp3) is 0.778. The van der Waals surface area contributed by atoms with E-state index in [-0.39, 0.29) is 30.8 Å². The van der Waals surface area contributed by atoms with Crippen LogP contribution in [0.2, 0.25) is 0 Å². The second-order valence-electron chi connectivity index (χ2n) is 2.95. The van der Waals surface area contributed by atoms with Crippen LogP contribution in [0.5, 0.6) is 0 Å². The Kier molecular flexibility index (Phi) is 20.0. The first-order valence-corrected chi connectivity index (χ1v) is 5.70. The molecule has 0 radical (unpaired) electrons. The second kappa shape index (κ2) is 15.0. The Morgan fingerprint density at radius 2 is 1.75 bits per heavy atom. The van der Waals surface area contributed by atoms with Crippen LogP contribution in [0.15, 0.2) is 0 Å². The molecule has 16 heavy (non-hydrogen) atoms. The Morgan fingerprint density at radius 3 is 2.00 bits per heavy atom. The molecule has 0 heterocycles. The predicted octanol–water partition coefficient (Wildman–Crippen LogP) is 2.00. The van der Waals surface area contributed by atoms with Crippen molar-refractivity contribution in [1.29, 1.82) is 0 Å². The van der Waals surface area contributed by atoms with Crippen LogP contribution < -0.4 is 11.5 Å². The molecular weight excluding hydrogens is 298 g/mol. The van der Waals surface area contributed by atoms with Gasteiger partial charge in [-0.15, -0.1) is 0 Å². The van der Waals surface area contributed by atoms with E-state index in [1.54, 1.807) is 0 Å². The summed E-state index contributed by atoms with van der Waals surface area (Å²) in [7, 11) is 0. The van der Waals surface area contributed by atoms with Gasteiger partial charge in [0.1, 0.15) is 6.10 Å². The largest absolute Gasteiger partial charge is 0.487 e. The minimum Gasteiger partial charge on any atom is -0.487 e. The van der Waals surface area contributed by atoms with E-state index < -0.39 is 5.17 Å².